The first-order valence-corrected chi connectivity index (χ1v) is 5.22. The third kappa shape index (κ3) is 3.59. The van der Waals surface area contributed by atoms with Gasteiger partial charge in [0.15, 0.2) is 0 Å². The van der Waals surface area contributed by atoms with Gasteiger partial charge in [-0.2, -0.15) is 0 Å². The van der Waals surface area contributed by atoms with Crippen LogP contribution >= 0.6 is 0 Å². The molecule has 0 aliphatic rings. The number of carbonyl (C=O) groups is 2. The van der Waals surface area contributed by atoms with Crippen LogP contribution in [0, 0.1) is 17.7 Å². The number of aromatic carboxylic acids is 1. The van der Waals surface area contributed by atoms with Gasteiger partial charge in [0.1, 0.15) is 17.8 Å². The van der Waals surface area contributed by atoms with Gasteiger partial charge in [-0.15, -0.1) is 0 Å². The Morgan fingerprint density at radius 2 is 2.17 bits per heavy atom. The van der Waals surface area contributed by atoms with Gasteiger partial charge in [-0.1, -0.05) is 17.9 Å². The SMILES string of the molecule is CCOC(=O)CC#Cc1cccc(F)c1C(=O)O. The van der Waals surface area contributed by atoms with E-state index in [-0.39, 0.29) is 18.6 Å². The Morgan fingerprint density at radius 1 is 1.44 bits per heavy atom. The molecule has 0 aliphatic heterocycles. The Kier molecular flexibility index (Phi) is 4.88. The first kappa shape index (κ1) is 13.7. The fraction of sp³-hybridized carbons (Fsp3) is 0.231. The first-order valence-electron chi connectivity index (χ1n) is 5.22. The normalized spacial score (nSPS) is 9.22. The summed E-state index contributed by atoms with van der Waals surface area (Å²) >= 11 is 0. The van der Waals surface area contributed by atoms with Crippen molar-refractivity contribution in [2.45, 2.75) is 13.3 Å². The molecule has 0 heterocycles. The lowest BCUT2D eigenvalue weighted by Crippen LogP contribution is -2.04. The summed E-state index contributed by atoms with van der Waals surface area (Å²) in [6.45, 7) is 1.92. The molecule has 0 radical (unpaired) electrons. The van der Waals surface area contributed by atoms with E-state index in [1.807, 2.05) is 0 Å². The van der Waals surface area contributed by atoms with Crippen LogP contribution in [0.3, 0.4) is 0 Å². The lowest BCUT2D eigenvalue weighted by Gasteiger charge is -2.00. The third-order valence-electron chi connectivity index (χ3n) is 1.99. The minimum absolute atomic E-state index is 0.0341. The highest BCUT2D eigenvalue weighted by Gasteiger charge is 2.13. The van der Waals surface area contributed by atoms with Gasteiger partial charge in [-0.3, -0.25) is 4.79 Å². The minimum Gasteiger partial charge on any atom is -0.478 e. The van der Waals surface area contributed by atoms with Crippen LogP contribution < -0.4 is 0 Å². The molecular formula is C13H11FO4. The maximum absolute atomic E-state index is 13.3. The second-order valence-corrected chi connectivity index (χ2v) is 3.25. The highest BCUT2D eigenvalue weighted by Crippen LogP contribution is 2.12. The van der Waals surface area contributed by atoms with Crippen LogP contribution in [0.2, 0.25) is 0 Å². The predicted octanol–water partition coefficient (Wildman–Crippen LogP) is 1.83. The quantitative estimate of drug-likeness (QED) is 0.656. The minimum atomic E-state index is -1.39. The fourth-order valence-corrected chi connectivity index (χ4v) is 1.27. The number of carboxylic acid groups (broad SMARTS) is 1. The number of carbonyl (C=O) groups excluding carboxylic acids is 1. The van der Waals surface area contributed by atoms with Gasteiger partial charge in [0.2, 0.25) is 0 Å². The summed E-state index contributed by atoms with van der Waals surface area (Å²) in [6.07, 6.45) is -0.163. The van der Waals surface area contributed by atoms with Crippen molar-refractivity contribution in [1.29, 1.82) is 0 Å². The number of rotatable bonds is 3. The van der Waals surface area contributed by atoms with E-state index in [0.717, 1.165) is 6.07 Å². The molecule has 1 aromatic carbocycles. The fourth-order valence-electron chi connectivity index (χ4n) is 1.27. The zero-order valence-corrected chi connectivity index (χ0v) is 9.70. The zero-order chi connectivity index (χ0) is 13.5. The van der Waals surface area contributed by atoms with Gasteiger partial charge in [0, 0.05) is 5.56 Å². The molecule has 0 spiro atoms. The molecule has 1 N–H and O–H groups in total. The summed E-state index contributed by atoms with van der Waals surface area (Å²) in [5, 5.41) is 8.84. The summed E-state index contributed by atoms with van der Waals surface area (Å²) in [5.74, 6) is 2.15. The first-order chi connectivity index (χ1) is 8.56. The number of benzene rings is 1. The van der Waals surface area contributed by atoms with Crippen LogP contribution in [0.25, 0.3) is 0 Å². The smallest absolute Gasteiger partial charge is 0.339 e. The molecule has 0 bridgehead atoms. The summed E-state index contributed by atoms with van der Waals surface area (Å²) in [5.41, 5.74) is -0.458. The highest BCUT2D eigenvalue weighted by atomic mass is 19.1. The molecular weight excluding hydrogens is 239 g/mol. The van der Waals surface area contributed by atoms with Crippen molar-refractivity contribution < 1.29 is 23.8 Å². The lowest BCUT2D eigenvalue weighted by atomic mass is 10.1. The van der Waals surface area contributed by atoms with Crippen LogP contribution in [0.15, 0.2) is 18.2 Å². The molecule has 0 atom stereocenters. The molecule has 0 saturated carbocycles. The molecule has 0 aromatic heterocycles. The van der Waals surface area contributed by atoms with Crippen LogP contribution in [0.1, 0.15) is 29.3 Å². The molecule has 0 amide bonds. The topological polar surface area (TPSA) is 63.6 Å². The van der Waals surface area contributed by atoms with Gasteiger partial charge in [0.25, 0.3) is 0 Å². The largest absolute Gasteiger partial charge is 0.478 e. The number of hydrogen-bond acceptors (Lipinski definition) is 3. The number of halogens is 1. The van der Waals surface area contributed by atoms with E-state index in [1.54, 1.807) is 6.92 Å². The van der Waals surface area contributed by atoms with Gasteiger partial charge in [-0.05, 0) is 19.1 Å². The van der Waals surface area contributed by atoms with E-state index in [0.29, 0.717) is 0 Å². The Hall–Kier alpha value is -2.35. The Morgan fingerprint density at radius 3 is 2.78 bits per heavy atom. The predicted molar refractivity (Wildman–Crippen MR) is 61.5 cm³/mol. The monoisotopic (exact) mass is 250 g/mol. The summed E-state index contributed by atoms with van der Waals surface area (Å²) < 4.78 is 17.9. The van der Waals surface area contributed by atoms with Gasteiger partial charge >= 0.3 is 11.9 Å². The number of ether oxygens (including phenoxy) is 1. The van der Waals surface area contributed by atoms with Crippen molar-refractivity contribution in [3.8, 4) is 11.8 Å². The standard InChI is InChI=1S/C13H11FO4/c1-2-18-11(15)8-4-6-9-5-3-7-10(14)12(9)13(16)17/h3,5,7H,2,8H2,1H3,(H,16,17). The van der Waals surface area contributed by atoms with Crippen LogP contribution in [-0.4, -0.2) is 23.7 Å². The Bertz CT molecular complexity index is 526. The van der Waals surface area contributed by atoms with Crippen LogP contribution in [0.5, 0.6) is 0 Å². The molecule has 94 valence electrons. The van der Waals surface area contributed by atoms with Gasteiger partial charge < -0.3 is 9.84 Å². The zero-order valence-electron chi connectivity index (χ0n) is 9.70. The molecule has 0 unspecified atom stereocenters. The third-order valence-corrected chi connectivity index (χ3v) is 1.99. The molecule has 18 heavy (non-hydrogen) atoms. The van der Waals surface area contributed by atoms with E-state index in [4.69, 9.17) is 5.11 Å². The van der Waals surface area contributed by atoms with Crippen molar-refractivity contribution in [2.75, 3.05) is 6.61 Å². The molecule has 0 fully saturated rings. The van der Waals surface area contributed by atoms with Crippen LogP contribution in [-0.2, 0) is 9.53 Å². The van der Waals surface area contributed by atoms with E-state index in [2.05, 4.69) is 16.6 Å². The molecule has 0 saturated heterocycles. The number of hydrogen-bond donors (Lipinski definition) is 1. The van der Waals surface area contributed by atoms with E-state index < -0.39 is 23.3 Å². The second kappa shape index (κ2) is 6.40. The van der Waals surface area contributed by atoms with Crippen molar-refractivity contribution in [3.05, 3.63) is 35.1 Å². The molecule has 4 nitrogen and oxygen atoms in total. The second-order valence-electron chi connectivity index (χ2n) is 3.25. The van der Waals surface area contributed by atoms with E-state index >= 15 is 0 Å². The average Bonchev–Trinajstić information content (AvgIpc) is 2.28. The van der Waals surface area contributed by atoms with E-state index in [9.17, 15) is 14.0 Å². The van der Waals surface area contributed by atoms with E-state index in [1.165, 1.54) is 12.1 Å². The van der Waals surface area contributed by atoms with Crippen molar-refractivity contribution in [1.82, 2.24) is 0 Å². The summed E-state index contributed by atoms with van der Waals surface area (Å²) in [4.78, 5) is 21.8. The Balaban J connectivity index is 2.92. The maximum atomic E-state index is 13.3. The average molecular weight is 250 g/mol. The number of carboxylic acids is 1. The van der Waals surface area contributed by atoms with Gasteiger partial charge in [0.05, 0.1) is 6.61 Å². The lowest BCUT2D eigenvalue weighted by molar-refractivity contribution is -0.141. The molecule has 1 rings (SSSR count). The highest BCUT2D eigenvalue weighted by molar-refractivity contribution is 5.91. The van der Waals surface area contributed by atoms with Crippen molar-refractivity contribution in [2.24, 2.45) is 0 Å². The van der Waals surface area contributed by atoms with Crippen molar-refractivity contribution in [3.63, 3.8) is 0 Å². The van der Waals surface area contributed by atoms with Crippen LogP contribution in [0.4, 0.5) is 4.39 Å². The summed E-state index contributed by atoms with van der Waals surface area (Å²) in [7, 11) is 0. The Labute approximate surface area is 103 Å². The van der Waals surface area contributed by atoms with Crippen molar-refractivity contribution >= 4 is 11.9 Å². The molecule has 0 aliphatic carbocycles. The summed E-state index contributed by atoms with van der Waals surface area (Å²) in [6, 6.07) is 3.78. The molecule has 1 aromatic rings. The van der Waals surface area contributed by atoms with Gasteiger partial charge in [-0.25, -0.2) is 9.18 Å². The maximum Gasteiger partial charge on any atom is 0.339 e. The molecule has 5 heteroatoms. The number of esters is 1.